The lowest BCUT2D eigenvalue weighted by Crippen LogP contribution is -2.59. The summed E-state index contributed by atoms with van der Waals surface area (Å²) < 4.78 is 70.3. The van der Waals surface area contributed by atoms with Crippen molar-refractivity contribution in [3.8, 4) is 0 Å². The van der Waals surface area contributed by atoms with Crippen LogP contribution in [0.4, 0.5) is 13.2 Å². The van der Waals surface area contributed by atoms with Gasteiger partial charge in [0.1, 0.15) is 18.3 Å². The number of carbonyl (C=O) groups is 2. The minimum atomic E-state index is -4.73. The molecular weight excluding hydrogens is 773 g/mol. The van der Waals surface area contributed by atoms with Crippen LogP contribution in [0.1, 0.15) is 91.1 Å². The number of aliphatic hydroxyl groups excluding tert-OH is 2. The van der Waals surface area contributed by atoms with Gasteiger partial charge in [-0.15, -0.1) is 10.2 Å². The van der Waals surface area contributed by atoms with E-state index in [4.69, 9.17) is 23.7 Å². The van der Waals surface area contributed by atoms with E-state index in [1.165, 1.54) is 32.4 Å². The molecule has 328 valence electrons. The molecule has 1 fully saturated rings. The Morgan fingerprint density at radius 3 is 2.19 bits per heavy atom. The molecule has 1 saturated heterocycles. The van der Waals surface area contributed by atoms with E-state index >= 15 is 0 Å². The maximum atomic E-state index is 13.8. The van der Waals surface area contributed by atoms with Crippen LogP contribution in [0.2, 0.25) is 0 Å². The Balaban J connectivity index is 1.63. The van der Waals surface area contributed by atoms with Gasteiger partial charge in [-0.2, -0.15) is 13.2 Å². The molecule has 3 aliphatic heterocycles. The van der Waals surface area contributed by atoms with E-state index in [1.807, 2.05) is 53.7 Å². The lowest BCUT2D eigenvalue weighted by atomic mass is 9.76. The highest BCUT2D eigenvalue weighted by atomic mass is 19.4. The number of halogens is 3. The fourth-order valence-corrected chi connectivity index (χ4v) is 8.16. The van der Waals surface area contributed by atoms with Crippen LogP contribution >= 0.6 is 0 Å². The fraction of sp³-hybridized carbons (Fsp3) is 0.636. The number of esters is 2. The van der Waals surface area contributed by atoms with Crippen molar-refractivity contribution in [1.29, 1.82) is 0 Å². The standard InChI is InChI=1S/C44H61F3N2O10/c1-23(2)38-28(7)35(57-40(52)31-15-17-32(18-16-31)43(48-49-43)44(45,46)47)22-42(54,59-38)30(9)37(51)29(8)39-33(55-10)14-12-13-24(3)19-26(5)36(50)27(6)20-25(4)21-34(56-11)41(53)58-39/h12-18,20-21,23,26-30,33,35-39,50-51,54H,19,22H2,1-11H3/b14-12+,24-13+,25-20+,34-21-/t26-,27-,28+,29+,30+,33+,35-,36+,37-,38-,39-,42-/m1/s1. The number of allylic oxidation sites excluding steroid dienone is 5. The first-order chi connectivity index (χ1) is 27.5. The summed E-state index contributed by atoms with van der Waals surface area (Å²) in [6.07, 6.45) is -1.26. The highest BCUT2D eigenvalue weighted by Crippen LogP contribution is 2.52. The van der Waals surface area contributed by atoms with Gasteiger partial charge in [-0.1, -0.05) is 96.0 Å². The normalized spacial score (nSPS) is 35.4. The molecule has 3 N–H and O–H groups in total. The number of hydrogen-bond donors (Lipinski definition) is 3. The van der Waals surface area contributed by atoms with Crippen molar-refractivity contribution in [3.63, 3.8) is 0 Å². The van der Waals surface area contributed by atoms with E-state index in [-0.39, 0.29) is 41.1 Å². The van der Waals surface area contributed by atoms with Crippen LogP contribution in [0.25, 0.3) is 0 Å². The average Bonchev–Trinajstić information content (AvgIpc) is 4.00. The molecule has 0 unspecified atom stereocenters. The van der Waals surface area contributed by atoms with Gasteiger partial charge in [0, 0.05) is 42.8 Å². The van der Waals surface area contributed by atoms with Crippen LogP contribution in [0.3, 0.4) is 0 Å². The largest absolute Gasteiger partial charge is 0.490 e. The molecule has 3 heterocycles. The summed E-state index contributed by atoms with van der Waals surface area (Å²) in [7, 11) is 2.77. The summed E-state index contributed by atoms with van der Waals surface area (Å²) in [4.78, 5) is 27.2. The number of aliphatic hydroxyl groups is 3. The van der Waals surface area contributed by atoms with Crippen molar-refractivity contribution in [1.82, 2.24) is 0 Å². The minimum Gasteiger partial charge on any atom is -0.490 e. The van der Waals surface area contributed by atoms with Gasteiger partial charge in [0.05, 0.1) is 31.0 Å². The topological polar surface area (TPSA) is 166 Å². The zero-order chi connectivity index (χ0) is 44.2. The molecule has 3 aliphatic rings. The molecule has 59 heavy (non-hydrogen) atoms. The Hall–Kier alpha value is -3.89. The number of hydrogen-bond acceptors (Lipinski definition) is 12. The molecule has 0 amide bonds. The molecular formula is C44H61F3N2O10. The Labute approximate surface area is 345 Å². The number of methoxy groups -OCH3 is 2. The number of rotatable bonds is 10. The van der Waals surface area contributed by atoms with Crippen molar-refractivity contribution < 1.29 is 61.8 Å². The monoisotopic (exact) mass is 834 g/mol. The Morgan fingerprint density at radius 1 is 1.02 bits per heavy atom. The molecule has 12 nitrogen and oxygen atoms in total. The van der Waals surface area contributed by atoms with Gasteiger partial charge in [0.2, 0.25) is 5.76 Å². The summed E-state index contributed by atoms with van der Waals surface area (Å²) in [5.74, 6) is -6.70. The third-order valence-corrected chi connectivity index (χ3v) is 11.9. The summed E-state index contributed by atoms with van der Waals surface area (Å²) in [5.41, 5.74) is -1.23. The molecule has 12 atom stereocenters. The van der Waals surface area contributed by atoms with E-state index in [9.17, 15) is 38.1 Å². The van der Waals surface area contributed by atoms with Gasteiger partial charge in [-0.25, -0.2) is 9.59 Å². The number of alkyl halides is 3. The van der Waals surface area contributed by atoms with Gasteiger partial charge >= 0.3 is 23.8 Å². The number of cyclic esters (lactones) is 1. The summed E-state index contributed by atoms with van der Waals surface area (Å²) in [6, 6.07) is 4.67. The molecule has 0 aromatic heterocycles. The van der Waals surface area contributed by atoms with Gasteiger partial charge in [-0.05, 0) is 50.3 Å². The number of carbonyl (C=O) groups excluding carboxylic acids is 2. The van der Waals surface area contributed by atoms with E-state index in [0.29, 0.717) is 12.0 Å². The zero-order valence-corrected chi connectivity index (χ0v) is 35.8. The van der Waals surface area contributed by atoms with E-state index in [0.717, 1.165) is 17.7 Å². The average molecular weight is 835 g/mol. The Kier molecular flexibility index (Phi) is 15.6. The Morgan fingerprint density at radius 2 is 1.64 bits per heavy atom. The van der Waals surface area contributed by atoms with Crippen molar-refractivity contribution >= 4 is 11.9 Å². The quantitative estimate of drug-likeness (QED) is 0.199. The first-order valence-corrected chi connectivity index (χ1v) is 20.1. The second-order valence-corrected chi connectivity index (χ2v) is 16.9. The van der Waals surface area contributed by atoms with Gasteiger partial charge in [-0.3, -0.25) is 0 Å². The zero-order valence-electron chi connectivity index (χ0n) is 35.8. The van der Waals surface area contributed by atoms with Crippen LogP contribution in [-0.2, 0) is 34.1 Å². The van der Waals surface area contributed by atoms with E-state index in [1.54, 1.807) is 32.9 Å². The molecule has 0 radical (unpaired) electrons. The number of ether oxygens (including phenoxy) is 5. The third kappa shape index (κ3) is 10.9. The van der Waals surface area contributed by atoms with Crippen LogP contribution in [0.5, 0.6) is 0 Å². The first-order valence-electron chi connectivity index (χ1n) is 20.1. The Bertz CT molecular complexity index is 1780. The fourth-order valence-electron chi connectivity index (χ4n) is 8.16. The molecule has 4 rings (SSSR count). The predicted molar refractivity (Wildman–Crippen MR) is 212 cm³/mol. The molecule has 0 aliphatic carbocycles. The highest BCUT2D eigenvalue weighted by Gasteiger charge is 2.65. The van der Waals surface area contributed by atoms with E-state index < -0.39 is 83.9 Å². The van der Waals surface area contributed by atoms with Gasteiger partial charge < -0.3 is 39.0 Å². The first kappa shape index (κ1) is 47.8. The van der Waals surface area contributed by atoms with Crippen LogP contribution in [0, 0.1) is 35.5 Å². The highest BCUT2D eigenvalue weighted by molar-refractivity contribution is 5.89. The van der Waals surface area contributed by atoms with Gasteiger partial charge in [0.15, 0.2) is 5.79 Å². The SMILES string of the molecule is CO/C1=C\C(C)=C\[C@@H](C)[C@@H](O)[C@H](C)C/C(C)=C/C=C/[C@H](OC)[C@@H]([C@@H](C)[C@@H](O)[C@H](C)[C@@]2(O)C[C@@H](OC(=O)c3ccc(C4(C(F)(F)F)N=N4)cc3)[C@H](C)[C@@H](C(C)C)O2)OC1=O. The smallest absolute Gasteiger partial charge is 0.442 e. The minimum absolute atomic E-state index is 0.0148. The number of benzene rings is 1. The second-order valence-electron chi connectivity index (χ2n) is 16.9. The third-order valence-electron chi connectivity index (χ3n) is 11.9. The summed E-state index contributed by atoms with van der Waals surface area (Å²) in [6.45, 7) is 16.4. The molecule has 0 bridgehead atoms. The predicted octanol–water partition coefficient (Wildman–Crippen LogP) is 7.74. The summed E-state index contributed by atoms with van der Waals surface area (Å²) >= 11 is 0. The van der Waals surface area contributed by atoms with Crippen molar-refractivity contribution in [2.24, 2.45) is 45.7 Å². The number of nitrogens with zero attached hydrogens (tertiary/aromatic N) is 2. The van der Waals surface area contributed by atoms with E-state index in [2.05, 4.69) is 10.2 Å². The molecule has 1 aromatic carbocycles. The van der Waals surface area contributed by atoms with Crippen molar-refractivity contribution in [2.45, 2.75) is 129 Å². The van der Waals surface area contributed by atoms with Gasteiger partial charge in [0.25, 0.3) is 0 Å². The lowest BCUT2D eigenvalue weighted by molar-refractivity contribution is -0.328. The summed E-state index contributed by atoms with van der Waals surface area (Å²) in [5, 5.41) is 41.8. The molecule has 15 heteroatoms. The molecule has 1 aromatic rings. The van der Waals surface area contributed by atoms with Crippen LogP contribution < -0.4 is 0 Å². The molecule has 0 saturated carbocycles. The molecule has 0 spiro atoms. The van der Waals surface area contributed by atoms with Crippen LogP contribution in [0.15, 0.2) is 81.8 Å². The van der Waals surface area contributed by atoms with Crippen molar-refractivity contribution in [3.05, 3.63) is 82.7 Å². The lowest BCUT2D eigenvalue weighted by Gasteiger charge is -2.50. The second kappa shape index (κ2) is 19.2. The van der Waals surface area contributed by atoms with Crippen LogP contribution in [-0.4, -0.2) is 90.1 Å². The maximum absolute atomic E-state index is 13.8. The maximum Gasteiger partial charge on any atom is 0.442 e. The van der Waals surface area contributed by atoms with Crippen molar-refractivity contribution in [2.75, 3.05) is 14.2 Å².